The molecule has 0 atom stereocenters. The van der Waals surface area contributed by atoms with Crippen molar-refractivity contribution in [2.24, 2.45) is 0 Å². The maximum Gasteiger partial charge on any atom is 0.276 e. The number of hydrogen-bond donors (Lipinski definition) is 0. The van der Waals surface area contributed by atoms with Crippen LogP contribution in [-0.2, 0) is 6.42 Å². The second-order valence-corrected chi connectivity index (χ2v) is 5.42. The molecule has 124 valence electrons. The lowest BCUT2D eigenvalue weighted by Crippen LogP contribution is -1.97. The number of rotatable bonds is 4. The molecule has 0 amide bonds. The molecule has 1 aromatic heterocycles. The number of hydrogen-bond acceptors (Lipinski definition) is 4. The molecule has 0 saturated heterocycles. The SMILES string of the molecule is COc1cnc(-c2ccccc2)nc1OC#CCc1ccccc1C. The van der Waals surface area contributed by atoms with Gasteiger partial charge >= 0.3 is 0 Å². The van der Waals surface area contributed by atoms with Crippen LogP contribution in [0.2, 0.25) is 0 Å². The molecule has 0 aliphatic heterocycles. The van der Waals surface area contributed by atoms with Crippen LogP contribution in [0.25, 0.3) is 11.4 Å². The monoisotopic (exact) mass is 330 g/mol. The Labute approximate surface area is 147 Å². The highest BCUT2D eigenvalue weighted by Crippen LogP contribution is 2.26. The van der Waals surface area contributed by atoms with E-state index in [1.165, 1.54) is 11.1 Å². The molecular formula is C21H18N2O2. The Morgan fingerprint density at radius 1 is 1.00 bits per heavy atom. The fourth-order valence-corrected chi connectivity index (χ4v) is 2.32. The minimum Gasteiger partial charge on any atom is -0.490 e. The predicted octanol–water partition coefficient (Wildman–Crippen LogP) is 4.04. The summed E-state index contributed by atoms with van der Waals surface area (Å²) in [5.74, 6) is 4.34. The maximum atomic E-state index is 5.51. The number of methoxy groups -OCH3 is 1. The highest BCUT2D eigenvalue weighted by atomic mass is 16.5. The molecule has 25 heavy (non-hydrogen) atoms. The molecule has 0 unspecified atom stereocenters. The van der Waals surface area contributed by atoms with Gasteiger partial charge in [-0.25, -0.2) is 4.98 Å². The lowest BCUT2D eigenvalue weighted by atomic mass is 10.1. The summed E-state index contributed by atoms with van der Waals surface area (Å²) in [6.45, 7) is 2.07. The minimum absolute atomic E-state index is 0.314. The van der Waals surface area contributed by atoms with E-state index in [1.54, 1.807) is 13.3 Å². The van der Waals surface area contributed by atoms with Gasteiger partial charge in [-0.3, -0.25) is 0 Å². The molecule has 0 N–H and O–H groups in total. The topological polar surface area (TPSA) is 44.2 Å². The van der Waals surface area contributed by atoms with Crippen LogP contribution in [-0.4, -0.2) is 17.1 Å². The van der Waals surface area contributed by atoms with Gasteiger partial charge in [0, 0.05) is 12.0 Å². The average Bonchev–Trinajstić information content (AvgIpc) is 2.67. The Hall–Kier alpha value is -3.32. The van der Waals surface area contributed by atoms with Crippen LogP contribution in [0, 0.1) is 19.0 Å². The molecule has 1 heterocycles. The molecule has 3 aromatic rings. The second-order valence-electron chi connectivity index (χ2n) is 5.42. The van der Waals surface area contributed by atoms with Crippen molar-refractivity contribution in [2.45, 2.75) is 13.3 Å². The summed E-state index contributed by atoms with van der Waals surface area (Å²) in [6.07, 6.45) is 4.92. The Morgan fingerprint density at radius 3 is 2.52 bits per heavy atom. The first-order chi connectivity index (χ1) is 12.3. The third-order valence-corrected chi connectivity index (χ3v) is 3.73. The zero-order valence-corrected chi connectivity index (χ0v) is 14.2. The van der Waals surface area contributed by atoms with Gasteiger partial charge < -0.3 is 9.47 Å². The standard InChI is InChI=1S/C21H18N2O2/c1-16-9-6-7-10-17(16)13-8-14-25-21-19(24-2)15-22-20(23-21)18-11-4-3-5-12-18/h3-7,9-12,15H,13H2,1-2H3. The van der Waals surface area contributed by atoms with Crippen molar-refractivity contribution in [3.63, 3.8) is 0 Å². The Morgan fingerprint density at radius 2 is 1.76 bits per heavy atom. The number of aromatic nitrogens is 2. The Kier molecular flexibility index (Phi) is 5.28. The van der Waals surface area contributed by atoms with E-state index in [-0.39, 0.29) is 0 Å². The van der Waals surface area contributed by atoms with E-state index in [0.29, 0.717) is 23.9 Å². The van der Waals surface area contributed by atoms with Gasteiger partial charge in [-0.1, -0.05) is 60.5 Å². The second kappa shape index (κ2) is 7.98. The highest BCUT2D eigenvalue weighted by Gasteiger charge is 2.10. The van der Waals surface area contributed by atoms with E-state index in [2.05, 4.69) is 41.1 Å². The smallest absolute Gasteiger partial charge is 0.276 e. The van der Waals surface area contributed by atoms with Gasteiger partial charge in [0.25, 0.3) is 5.88 Å². The van der Waals surface area contributed by atoms with Crippen LogP contribution in [0.5, 0.6) is 11.6 Å². The van der Waals surface area contributed by atoms with Crippen molar-refractivity contribution in [1.82, 2.24) is 9.97 Å². The molecule has 4 heteroatoms. The van der Waals surface area contributed by atoms with Gasteiger partial charge in [0.1, 0.15) is 6.11 Å². The fraction of sp³-hybridized carbons (Fsp3) is 0.143. The summed E-state index contributed by atoms with van der Waals surface area (Å²) in [6, 6.07) is 17.8. The Bertz CT molecular complexity index is 912. The molecule has 0 fully saturated rings. The zero-order valence-electron chi connectivity index (χ0n) is 14.2. The normalized spacial score (nSPS) is 9.84. The average molecular weight is 330 g/mol. The first kappa shape index (κ1) is 16.5. The van der Waals surface area contributed by atoms with E-state index in [0.717, 1.165) is 5.56 Å². The van der Waals surface area contributed by atoms with Crippen LogP contribution >= 0.6 is 0 Å². The van der Waals surface area contributed by atoms with Crippen molar-refractivity contribution < 1.29 is 9.47 Å². The number of ether oxygens (including phenoxy) is 2. The third-order valence-electron chi connectivity index (χ3n) is 3.73. The Balaban J connectivity index is 1.78. The molecule has 0 aliphatic rings. The van der Waals surface area contributed by atoms with Gasteiger partial charge in [-0.15, -0.1) is 0 Å². The summed E-state index contributed by atoms with van der Waals surface area (Å²) in [5.41, 5.74) is 3.30. The summed E-state index contributed by atoms with van der Waals surface area (Å²) in [7, 11) is 1.55. The lowest BCUT2D eigenvalue weighted by molar-refractivity contribution is 0.376. The molecule has 3 rings (SSSR count). The highest BCUT2D eigenvalue weighted by molar-refractivity contribution is 5.56. The van der Waals surface area contributed by atoms with Crippen molar-refractivity contribution in [2.75, 3.05) is 7.11 Å². The maximum absolute atomic E-state index is 5.51. The molecule has 0 bridgehead atoms. The van der Waals surface area contributed by atoms with E-state index >= 15 is 0 Å². The van der Waals surface area contributed by atoms with Crippen LogP contribution in [0.1, 0.15) is 11.1 Å². The summed E-state index contributed by atoms with van der Waals surface area (Å²) >= 11 is 0. The lowest BCUT2D eigenvalue weighted by Gasteiger charge is -2.06. The molecule has 0 saturated carbocycles. The quantitative estimate of drug-likeness (QED) is 0.677. The number of aryl methyl sites for hydroxylation is 1. The van der Waals surface area contributed by atoms with Crippen molar-refractivity contribution in [3.05, 3.63) is 71.9 Å². The van der Waals surface area contributed by atoms with Gasteiger partial charge in [-0.2, -0.15) is 4.98 Å². The van der Waals surface area contributed by atoms with Gasteiger partial charge in [0.05, 0.1) is 13.3 Å². The van der Waals surface area contributed by atoms with E-state index in [4.69, 9.17) is 9.47 Å². The number of nitrogens with zero attached hydrogens (tertiary/aromatic N) is 2. The van der Waals surface area contributed by atoms with Gasteiger partial charge in [0.2, 0.25) is 5.75 Å². The van der Waals surface area contributed by atoms with Gasteiger partial charge in [-0.05, 0) is 18.1 Å². The van der Waals surface area contributed by atoms with Crippen molar-refractivity contribution in [3.8, 4) is 35.0 Å². The largest absolute Gasteiger partial charge is 0.490 e. The fourth-order valence-electron chi connectivity index (χ4n) is 2.32. The number of benzene rings is 2. The molecule has 0 aliphatic carbocycles. The van der Waals surface area contributed by atoms with Crippen LogP contribution < -0.4 is 9.47 Å². The van der Waals surface area contributed by atoms with Gasteiger partial charge in [0.15, 0.2) is 5.82 Å². The first-order valence-corrected chi connectivity index (χ1v) is 7.93. The molecule has 2 aromatic carbocycles. The first-order valence-electron chi connectivity index (χ1n) is 7.93. The third kappa shape index (κ3) is 4.15. The predicted molar refractivity (Wildman–Crippen MR) is 97.3 cm³/mol. The molecule has 0 radical (unpaired) electrons. The van der Waals surface area contributed by atoms with Crippen molar-refractivity contribution >= 4 is 0 Å². The van der Waals surface area contributed by atoms with Crippen LogP contribution in [0.4, 0.5) is 0 Å². The van der Waals surface area contributed by atoms with Crippen molar-refractivity contribution in [1.29, 1.82) is 0 Å². The van der Waals surface area contributed by atoms with E-state index < -0.39 is 0 Å². The van der Waals surface area contributed by atoms with E-state index in [1.807, 2.05) is 42.5 Å². The zero-order chi connectivity index (χ0) is 17.5. The minimum atomic E-state index is 0.314. The summed E-state index contributed by atoms with van der Waals surface area (Å²) < 4.78 is 10.8. The molecule has 4 nitrogen and oxygen atoms in total. The molecule has 0 spiro atoms. The summed E-state index contributed by atoms with van der Waals surface area (Å²) in [5, 5.41) is 0. The van der Waals surface area contributed by atoms with Crippen LogP contribution in [0.15, 0.2) is 60.8 Å². The molecular weight excluding hydrogens is 312 g/mol. The van der Waals surface area contributed by atoms with Crippen LogP contribution in [0.3, 0.4) is 0 Å². The van der Waals surface area contributed by atoms with E-state index in [9.17, 15) is 0 Å². The summed E-state index contributed by atoms with van der Waals surface area (Å²) in [4.78, 5) is 8.72.